The van der Waals surface area contributed by atoms with Crippen LogP contribution in [0, 0.1) is 0 Å². The first-order valence-electron chi connectivity index (χ1n) is 8.90. The fourth-order valence-corrected chi connectivity index (χ4v) is 3.65. The summed E-state index contributed by atoms with van der Waals surface area (Å²) in [6, 6.07) is 31.6. The molecule has 0 radical (unpaired) electrons. The Morgan fingerprint density at radius 1 is 0.704 bits per heavy atom. The first-order chi connectivity index (χ1) is 13.2. The Morgan fingerprint density at radius 2 is 1.26 bits per heavy atom. The second-order valence-corrected chi connectivity index (χ2v) is 6.77. The van der Waals surface area contributed by atoms with Gasteiger partial charge in [0.25, 0.3) is 0 Å². The molecule has 0 unspecified atom stereocenters. The summed E-state index contributed by atoms with van der Waals surface area (Å²) >= 11 is 5.92. The number of halogens is 1. The number of hydrogen-bond donors (Lipinski definition) is 1. The predicted octanol–water partition coefficient (Wildman–Crippen LogP) is 5.50. The smallest absolute Gasteiger partial charge is 0.155 e. The lowest BCUT2D eigenvalue weighted by Crippen LogP contribution is -2.31. The molecule has 0 aliphatic carbocycles. The number of benzene rings is 3. The van der Waals surface area contributed by atoms with Gasteiger partial charge in [0.1, 0.15) is 0 Å². The fourth-order valence-electron chi connectivity index (χ4n) is 3.47. The van der Waals surface area contributed by atoms with E-state index in [0.717, 1.165) is 28.1 Å². The molecule has 1 aromatic heterocycles. The summed E-state index contributed by atoms with van der Waals surface area (Å²) in [7, 11) is 0. The Bertz CT molecular complexity index is 968. The number of hydrogen-bond acceptors (Lipinski definition) is 1. The summed E-state index contributed by atoms with van der Waals surface area (Å²) in [5.74, 6) is 0.483. The quantitative estimate of drug-likeness (QED) is 0.459. The summed E-state index contributed by atoms with van der Waals surface area (Å²) in [4.78, 5) is 0. The van der Waals surface area contributed by atoms with Crippen molar-refractivity contribution in [3.8, 4) is 5.69 Å². The summed E-state index contributed by atoms with van der Waals surface area (Å²) in [5.41, 5.74) is 3.22. The molecule has 0 saturated heterocycles. The van der Waals surface area contributed by atoms with Crippen LogP contribution in [0.1, 0.15) is 22.4 Å². The minimum absolute atomic E-state index is 0.483. The molecule has 4 aromatic rings. The Labute approximate surface area is 164 Å². The molecule has 0 aliphatic rings. The third-order valence-corrected chi connectivity index (χ3v) is 5.18. The van der Waals surface area contributed by atoms with Crippen molar-refractivity contribution in [1.82, 2.24) is 4.57 Å². The summed E-state index contributed by atoms with van der Waals surface area (Å²) in [5, 5.41) is 12.0. The highest BCUT2D eigenvalue weighted by molar-refractivity contribution is 6.17. The number of nitrogens with zero attached hydrogens (tertiary/aromatic N) is 1. The van der Waals surface area contributed by atoms with Crippen molar-refractivity contribution in [2.24, 2.45) is 0 Å². The molecule has 0 spiro atoms. The summed E-state index contributed by atoms with van der Waals surface area (Å²) in [6.45, 7) is 0. The van der Waals surface area contributed by atoms with Crippen LogP contribution >= 0.6 is 11.6 Å². The first kappa shape index (κ1) is 17.6. The molecule has 0 bridgehead atoms. The summed E-state index contributed by atoms with van der Waals surface area (Å²) < 4.78 is 2.03. The van der Waals surface area contributed by atoms with E-state index in [0.29, 0.717) is 5.88 Å². The zero-order chi connectivity index (χ0) is 18.7. The predicted molar refractivity (Wildman–Crippen MR) is 110 cm³/mol. The molecule has 0 atom stereocenters. The van der Waals surface area contributed by atoms with Gasteiger partial charge in [-0.3, -0.25) is 0 Å². The maximum atomic E-state index is 12.0. The van der Waals surface area contributed by atoms with Crippen molar-refractivity contribution in [1.29, 1.82) is 0 Å². The van der Waals surface area contributed by atoms with Crippen LogP contribution in [0.25, 0.3) is 5.69 Å². The molecule has 0 aliphatic heterocycles. The average molecular weight is 374 g/mol. The largest absolute Gasteiger partial charge is 0.375 e. The van der Waals surface area contributed by atoms with Crippen LogP contribution in [-0.2, 0) is 11.5 Å². The molecule has 0 fully saturated rings. The molecule has 134 valence electrons. The maximum absolute atomic E-state index is 12.0. The number of rotatable bonds is 5. The van der Waals surface area contributed by atoms with E-state index in [9.17, 15) is 5.11 Å². The first-order valence-corrected chi connectivity index (χ1v) is 9.43. The Balaban J connectivity index is 1.91. The van der Waals surface area contributed by atoms with Crippen LogP contribution in [0.2, 0.25) is 0 Å². The Kier molecular flexibility index (Phi) is 4.85. The Morgan fingerprint density at radius 3 is 1.78 bits per heavy atom. The SMILES string of the molecule is OC(c1ccccc1)(c1ccccc1)c1cccn1-c1ccc(CCl)cc1. The van der Waals surface area contributed by atoms with E-state index in [-0.39, 0.29) is 0 Å². The minimum Gasteiger partial charge on any atom is -0.375 e. The van der Waals surface area contributed by atoms with Crippen molar-refractivity contribution < 1.29 is 5.11 Å². The van der Waals surface area contributed by atoms with Crippen molar-refractivity contribution in [3.05, 3.63) is 126 Å². The lowest BCUT2D eigenvalue weighted by Gasteiger charge is -2.31. The fraction of sp³-hybridized carbons (Fsp3) is 0.0833. The van der Waals surface area contributed by atoms with Gasteiger partial charge in [0.15, 0.2) is 5.60 Å². The minimum atomic E-state index is -1.27. The molecule has 3 heteroatoms. The van der Waals surface area contributed by atoms with E-state index in [1.807, 2.05) is 108 Å². The third-order valence-electron chi connectivity index (χ3n) is 4.87. The lowest BCUT2D eigenvalue weighted by atomic mass is 9.83. The van der Waals surface area contributed by atoms with Gasteiger partial charge in [0.05, 0.1) is 5.69 Å². The molecule has 27 heavy (non-hydrogen) atoms. The zero-order valence-electron chi connectivity index (χ0n) is 14.8. The standard InChI is InChI=1S/C24H20ClNO/c25-18-19-13-15-22(16-14-19)26-17-7-12-23(26)24(27,20-8-3-1-4-9-20)21-10-5-2-6-11-21/h1-17,27H,18H2. The van der Waals surface area contributed by atoms with Crippen LogP contribution < -0.4 is 0 Å². The van der Waals surface area contributed by atoms with Crippen LogP contribution in [0.3, 0.4) is 0 Å². The molecule has 2 nitrogen and oxygen atoms in total. The van der Waals surface area contributed by atoms with Crippen molar-refractivity contribution in [2.75, 3.05) is 0 Å². The average Bonchev–Trinajstić information content (AvgIpc) is 3.25. The molecule has 1 heterocycles. The second-order valence-electron chi connectivity index (χ2n) is 6.51. The van der Waals surface area contributed by atoms with E-state index < -0.39 is 5.60 Å². The summed E-state index contributed by atoms with van der Waals surface area (Å²) in [6.07, 6.45) is 1.97. The highest BCUT2D eigenvalue weighted by atomic mass is 35.5. The number of aliphatic hydroxyl groups is 1. The van der Waals surface area contributed by atoms with E-state index in [1.165, 1.54) is 0 Å². The van der Waals surface area contributed by atoms with E-state index in [4.69, 9.17) is 11.6 Å². The van der Waals surface area contributed by atoms with E-state index in [2.05, 4.69) is 0 Å². The monoisotopic (exact) mass is 373 g/mol. The molecule has 1 N–H and O–H groups in total. The molecule has 0 amide bonds. The van der Waals surface area contributed by atoms with Crippen LogP contribution in [-0.4, -0.2) is 9.67 Å². The van der Waals surface area contributed by atoms with Crippen LogP contribution in [0.15, 0.2) is 103 Å². The van der Waals surface area contributed by atoms with Gasteiger partial charge < -0.3 is 9.67 Å². The third kappa shape index (κ3) is 3.18. The lowest BCUT2D eigenvalue weighted by molar-refractivity contribution is 0.119. The van der Waals surface area contributed by atoms with Gasteiger partial charge in [-0.25, -0.2) is 0 Å². The zero-order valence-corrected chi connectivity index (χ0v) is 15.6. The number of aromatic nitrogens is 1. The van der Waals surface area contributed by atoms with Gasteiger partial charge in [-0.2, -0.15) is 0 Å². The van der Waals surface area contributed by atoms with Gasteiger partial charge >= 0.3 is 0 Å². The van der Waals surface area contributed by atoms with Crippen LogP contribution in [0.4, 0.5) is 0 Å². The van der Waals surface area contributed by atoms with Crippen molar-refractivity contribution in [3.63, 3.8) is 0 Å². The van der Waals surface area contributed by atoms with Crippen LogP contribution in [0.5, 0.6) is 0 Å². The molecule has 3 aromatic carbocycles. The van der Waals surface area contributed by atoms with Gasteiger partial charge in [0, 0.05) is 17.8 Å². The normalized spacial score (nSPS) is 11.5. The highest BCUT2D eigenvalue weighted by Crippen LogP contribution is 2.37. The van der Waals surface area contributed by atoms with Crippen molar-refractivity contribution >= 4 is 11.6 Å². The van der Waals surface area contributed by atoms with Crippen molar-refractivity contribution in [2.45, 2.75) is 11.5 Å². The topological polar surface area (TPSA) is 25.2 Å². The molecule has 0 saturated carbocycles. The Hall–Kier alpha value is -2.81. The molecular formula is C24H20ClNO. The van der Waals surface area contributed by atoms with E-state index >= 15 is 0 Å². The van der Waals surface area contributed by atoms with E-state index in [1.54, 1.807) is 0 Å². The van der Waals surface area contributed by atoms with Gasteiger partial charge in [-0.15, -0.1) is 11.6 Å². The number of alkyl halides is 1. The van der Waals surface area contributed by atoms with Gasteiger partial charge in [0.2, 0.25) is 0 Å². The molecular weight excluding hydrogens is 354 g/mol. The highest BCUT2D eigenvalue weighted by Gasteiger charge is 2.36. The van der Waals surface area contributed by atoms with Gasteiger partial charge in [-0.05, 0) is 41.0 Å². The second kappa shape index (κ2) is 7.43. The molecule has 4 rings (SSSR count). The maximum Gasteiger partial charge on any atom is 0.155 e. The van der Waals surface area contributed by atoms with Gasteiger partial charge in [-0.1, -0.05) is 72.8 Å².